The topological polar surface area (TPSA) is 80.3 Å². The molecule has 0 unspecified atom stereocenters. The molecule has 0 saturated carbocycles. The predicted molar refractivity (Wildman–Crippen MR) is 189 cm³/mol. The zero-order valence-electron chi connectivity index (χ0n) is 27.3. The lowest BCUT2D eigenvalue weighted by atomic mass is 9.33. The van der Waals surface area contributed by atoms with Gasteiger partial charge in [0, 0.05) is 47.0 Å². The van der Waals surface area contributed by atoms with Gasteiger partial charge in [0.15, 0.2) is 46.0 Å². The van der Waals surface area contributed by atoms with Gasteiger partial charge in [-0.15, -0.1) is 0 Å². The van der Waals surface area contributed by atoms with E-state index in [9.17, 15) is 0 Å². The van der Waals surface area contributed by atoms with E-state index in [1.165, 1.54) is 0 Å². The monoisotopic (exact) mass is 666 g/mol. The van der Waals surface area contributed by atoms with E-state index in [0.29, 0.717) is 52.9 Å². The van der Waals surface area contributed by atoms with Crippen molar-refractivity contribution in [1.29, 1.82) is 0 Å². The highest BCUT2D eigenvalue weighted by Crippen LogP contribution is 2.50. The van der Waals surface area contributed by atoms with Gasteiger partial charge < -0.3 is 47.7 Å². The second-order valence-corrected chi connectivity index (χ2v) is 13.1. The fraction of sp³-hybridized carbons (Fsp3) is 0.231. The van der Waals surface area contributed by atoms with Crippen molar-refractivity contribution in [2.45, 2.75) is 6.92 Å². The van der Waals surface area contributed by atoms with Crippen LogP contribution in [0.15, 0.2) is 72.8 Å². The van der Waals surface area contributed by atoms with Gasteiger partial charge in [0.1, 0.15) is 52.9 Å². The number of benzene rings is 5. The van der Waals surface area contributed by atoms with Crippen molar-refractivity contribution in [2.75, 3.05) is 62.7 Å². The number of hydrogen-bond donors (Lipinski definition) is 0. The third kappa shape index (κ3) is 4.09. The molecule has 0 saturated heterocycles. The minimum atomic E-state index is -0.154. The summed E-state index contributed by atoms with van der Waals surface area (Å²) in [6, 6.07) is 25.4. The van der Waals surface area contributed by atoms with Crippen LogP contribution in [0.2, 0.25) is 0 Å². The molecule has 0 spiro atoms. The summed E-state index contributed by atoms with van der Waals surface area (Å²) in [5.41, 5.74) is 10.5. The Morgan fingerprint density at radius 2 is 0.760 bits per heavy atom. The summed E-state index contributed by atoms with van der Waals surface area (Å²) in [5, 5.41) is 0. The molecule has 11 rings (SSSR count). The number of anilines is 6. The summed E-state index contributed by atoms with van der Waals surface area (Å²) in [6.07, 6.45) is 0. The number of rotatable bonds is 2. The van der Waals surface area contributed by atoms with Gasteiger partial charge in [-0.3, -0.25) is 0 Å². The normalized spacial score (nSPS) is 17.0. The zero-order valence-corrected chi connectivity index (χ0v) is 27.3. The largest absolute Gasteiger partial charge is 0.486 e. The zero-order chi connectivity index (χ0) is 32.9. The van der Waals surface area contributed by atoms with E-state index in [1.54, 1.807) is 0 Å². The molecule has 0 bridgehead atoms. The summed E-state index contributed by atoms with van der Waals surface area (Å²) >= 11 is 0. The van der Waals surface area contributed by atoms with Crippen LogP contribution in [0, 0.1) is 6.92 Å². The van der Waals surface area contributed by atoms with Crippen molar-refractivity contribution < 1.29 is 37.9 Å². The molecular formula is C39H31BN2O8. The molecule has 0 aliphatic carbocycles. The Bertz CT molecular complexity index is 2110. The van der Waals surface area contributed by atoms with Crippen LogP contribution in [0.25, 0.3) is 0 Å². The smallest absolute Gasteiger partial charge is 0.252 e. The molecule has 10 nitrogen and oxygen atoms in total. The van der Waals surface area contributed by atoms with Gasteiger partial charge in [0.05, 0.1) is 11.4 Å². The lowest BCUT2D eigenvalue weighted by Gasteiger charge is -2.45. The molecule has 0 amide bonds. The van der Waals surface area contributed by atoms with Crippen LogP contribution >= 0.6 is 0 Å². The predicted octanol–water partition coefficient (Wildman–Crippen LogP) is 5.16. The molecule has 11 heteroatoms. The molecule has 50 heavy (non-hydrogen) atoms. The lowest BCUT2D eigenvalue weighted by Crippen LogP contribution is -2.61. The van der Waals surface area contributed by atoms with Crippen molar-refractivity contribution in [3.63, 3.8) is 0 Å². The molecule has 6 aliphatic heterocycles. The SMILES string of the molecule is Cc1cc2c3c(c1)N(c1ccc4c(c1)OCCO4)c1cc4c(cc1B3c1cc3c(cc1N2c1ccc2c(c1)OCCO2)OCCO3)OCCO4. The van der Waals surface area contributed by atoms with Crippen LogP contribution in [-0.4, -0.2) is 59.6 Å². The van der Waals surface area contributed by atoms with Crippen molar-refractivity contribution in [3.05, 3.63) is 78.4 Å². The number of ether oxygens (including phenoxy) is 8. The van der Waals surface area contributed by atoms with Crippen molar-refractivity contribution in [3.8, 4) is 46.0 Å². The molecule has 0 aromatic heterocycles. The van der Waals surface area contributed by atoms with Crippen LogP contribution in [-0.2, 0) is 0 Å². The van der Waals surface area contributed by atoms with Gasteiger partial charge >= 0.3 is 0 Å². The average molecular weight is 666 g/mol. The summed E-state index contributed by atoms with van der Waals surface area (Å²) < 4.78 is 48.8. The first-order valence-electron chi connectivity index (χ1n) is 17.1. The molecule has 6 heterocycles. The van der Waals surface area contributed by atoms with Crippen LogP contribution < -0.4 is 64.1 Å². The highest BCUT2D eigenvalue weighted by Gasteiger charge is 2.45. The van der Waals surface area contributed by atoms with Gasteiger partial charge in [0.2, 0.25) is 0 Å². The number of aryl methyl sites for hydroxylation is 1. The Labute approximate surface area is 288 Å². The van der Waals surface area contributed by atoms with Crippen LogP contribution in [0.5, 0.6) is 46.0 Å². The molecule has 248 valence electrons. The third-order valence-corrected chi connectivity index (χ3v) is 10.1. The first-order valence-corrected chi connectivity index (χ1v) is 17.1. The quantitative estimate of drug-likeness (QED) is 0.231. The molecular weight excluding hydrogens is 635 g/mol. The first-order chi connectivity index (χ1) is 24.7. The van der Waals surface area contributed by atoms with Crippen LogP contribution in [0.1, 0.15) is 5.56 Å². The Morgan fingerprint density at radius 1 is 0.400 bits per heavy atom. The number of nitrogens with zero attached hydrogens (tertiary/aromatic N) is 2. The van der Waals surface area contributed by atoms with Crippen molar-refractivity contribution in [1.82, 2.24) is 0 Å². The second kappa shape index (κ2) is 10.6. The summed E-state index contributed by atoms with van der Waals surface area (Å²) in [5.74, 6) is 5.87. The number of hydrogen-bond acceptors (Lipinski definition) is 10. The average Bonchev–Trinajstić information content (AvgIpc) is 3.16. The molecule has 0 N–H and O–H groups in total. The molecule has 0 radical (unpaired) electrons. The van der Waals surface area contributed by atoms with Crippen LogP contribution in [0.3, 0.4) is 0 Å². The summed E-state index contributed by atoms with van der Waals surface area (Å²) in [4.78, 5) is 4.64. The van der Waals surface area contributed by atoms with Gasteiger partial charge in [-0.05, 0) is 77.4 Å². The Morgan fingerprint density at radius 3 is 1.18 bits per heavy atom. The van der Waals surface area contributed by atoms with E-state index in [2.05, 4.69) is 77.4 Å². The van der Waals surface area contributed by atoms with E-state index in [0.717, 1.165) is 102 Å². The van der Waals surface area contributed by atoms with E-state index in [4.69, 9.17) is 37.9 Å². The standard InChI is InChI=1S/C39H31BN2O8/c1-22-14-29-39-30(15-22)42(24-3-5-32-34(17-24)46-9-7-44-32)28-21-38-36(48-11-13-50-38)19-26(28)40(39)25-18-35-37(49-12-10-47-35)20-27(25)41(29)23-2-4-31-33(16-23)45-8-6-43-31/h2-5,14-21H,6-13H2,1H3. The molecule has 5 aromatic carbocycles. The van der Waals surface area contributed by atoms with E-state index >= 15 is 0 Å². The van der Waals surface area contributed by atoms with E-state index in [-0.39, 0.29) is 6.71 Å². The minimum absolute atomic E-state index is 0.154. The lowest BCUT2D eigenvalue weighted by molar-refractivity contribution is 0.171. The third-order valence-electron chi connectivity index (χ3n) is 10.1. The summed E-state index contributed by atoms with van der Waals surface area (Å²) in [6.45, 7) is 6.05. The van der Waals surface area contributed by atoms with Gasteiger partial charge in [-0.1, -0.05) is 0 Å². The minimum Gasteiger partial charge on any atom is -0.486 e. The van der Waals surface area contributed by atoms with Crippen LogP contribution in [0.4, 0.5) is 34.1 Å². The Kier molecular flexibility index (Phi) is 5.94. The molecule has 5 aromatic rings. The maximum atomic E-state index is 6.21. The molecule has 0 atom stereocenters. The van der Waals surface area contributed by atoms with E-state index in [1.807, 2.05) is 12.1 Å². The van der Waals surface area contributed by atoms with E-state index < -0.39 is 0 Å². The fourth-order valence-corrected chi connectivity index (χ4v) is 8.10. The molecule has 0 fully saturated rings. The Balaban J connectivity index is 1.21. The highest BCUT2D eigenvalue weighted by atomic mass is 16.6. The second-order valence-electron chi connectivity index (χ2n) is 13.1. The van der Waals surface area contributed by atoms with Gasteiger partial charge in [0.25, 0.3) is 6.71 Å². The first kappa shape index (κ1) is 28.0. The summed E-state index contributed by atoms with van der Waals surface area (Å²) in [7, 11) is 0. The Hall–Kier alpha value is -5.84. The number of fused-ring (bicyclic) bond motifs is 8. The maximum absolute atomic E-state index is 6.21. The molecule has 6 aliphatic rings. The maximum Gasteiger partial charge on any atom is 0.252 e. The fourth-order valence-electron chi connectivity index (χ4n) is 8.10. The highest BCUT2D eigenvalue weighted by molar-refractivity contribution is 7.00. The van der Waals surface area contributed by atoms with Gasteiger partial charge in [-0.2, -0.15) is 0 Å². The van der Waals surface area contributed by atoms with Crippen molar-refractivity contribution in [2.24, 2.45) is 0 Å². The van der Waals surface area contributed by atoms with Gasteiger partial charge in [-0.25, -0.2) is 0 Å². The van der Waals surface area contributed by atoms with Crippen molar-refractivity contribution >= 4 is 57.2 Å².